The molecule has 1 aliphatic rings. The third-order valence-corrected chi connectivity index (χ3v) is 5.10. The Bertz CT molecular complexity index is 860. The van der Waals surface area contributed by atoms with E-state index >= 15 is 0 Å². The lowest BCUT2D eigenvalue weighted by atomic mass is 9.92. The number of amides is 1. The maximum Gasteiger partial charge on any atom is 0.416 e. The van der Waals surface area contributed by atoms with Gasteiger partial charge in [-0.05, 0) is 69.9 Å². The lowest BCUT2D eigenvalue weighted by Crippen LogP contribution is -2.49. The predicted molar refractivity (Wildman–Crippen MR) is 112 cm³/mol. The number of halogens is 3. The second-order valence-corrected chi connectivity index (χ2v) is 8.71. The molecule has 0 saturated carbocycles. The second kappa shape index (κ2) is 9.20. The van der Waals surface area contributed by atoms with Crippen molar-refractivity contribution in [3.63, 3.8) is 0 Å². The summed E-state index contributed by atoms with van der Waals surface area (Å²) in [5.74, 6) is 0.585. The zero-order valence-electron chi connectivity index (χ0n) is 18.0. The molecule has 1 heterocycles. The van der Waals surface area contributed by atoms with E-state index in [1.54, 1.807) is 37.8 Å². The van der Waals surface area contributed by atoms with E-state index in [9.17, 15) is 18.0 Å². The number of alkyl halides is 3. The van der Waals surface area contributed by atoms with Crippen LogP contribution in [0.3, 0.4) is 0 Å². The average molecular weight is 435 g/mol. The molecule has 2 aromatic carbocycles. The number of para-hydroxylation sites is 1. The van der Waals surface area contributed by atoms with E-state index in [1.807, 2.05) is 18.2 Å². The van der Waals surface area contributed by atoms with Crippen LogP contribution in [0.15, 0.2) is 54.6 Å². The zero-order chi connectivity index (χ0) is 22.6. The van der Waals surface area contributed by atoms with Crippen LogP contribution < -0.4 is 4.74 Å². The van der Waals surface area contributed by atoms with Crippen LogP contribution >= 0.6 is 0 Å². The third-order valence-electron chi connectivity index (χ3n) is 5.10. The Labute approximate surface area is 181 Å². The molecule has 0 N–H and O–H groups in total. The number of rotatable bonds is 4. The van der Waals surface area contributed by atoms with Gasteiger partial charge in [0.25, 0.3) is 0 Å². The van der Waals surface area contributed by atoms with E-state index in [4.69, 9.17) is 9.47 Å². The minimum Gasteiger partial charge on any atom is -0.484 e. The van der Waals surface area contributed by atoms with E-state index in [2.05, 4.69) is 0 Å². The highest BCUT2D eigenvalue weighted by Crippen LogP contribution is 2.36. The van der Waals surface area contributed by atoms with E-state index in [0.717, 1.165) is 25.0 Å². The summed E-state index contributed by atoms with van der Waals surface area (Å²) in [5, 5.41) is 0. The van der Waals surface area contributed by atoms with E-state index in [-0.39, 0.29) is 6.04 Å². The van der Waals surface area contributed by atoms with E-state index in [1.165, 1.54) is 12.1 Å². The molecule has 1 amide bonds. The van der Waals surface area contributed by atoms with Gasteiger partial charge in [-0.25, -0.2) is 4.79 Å². The van der Waals surface area contributed by atoms with Crippen molar-refractivity contribution in [2.24, 2.45) is 0 Å². The molecular weight excluding hydrogens is 407 g/mol. The first-order valence-corrected chi connectivity index (χ1v) is 10.4. The number of nitrogens with zero attached hydrogens (tertiary/aromatic N) is 1. The van der Waals surface area contributed by atoms with Crippen molar-refractivity contribution < 1.29 is 27.4 Å². The SMILES string of the molecule is CC(C)(C)OC(=O)N1CCCCC1[C@H](Oc1ccccc1)c1ccc(C(F)(F)F)cc1. The Morgan fingerprint density at radius 1 is 1.00 bits per heavy atom. The summed E-state index contributed by atoms with van der Waals surface area (Å²) in [5.41, 5.74) is -0.789. The molecule has 31 heavy (non-hydrogen) atoms. The van der Waals surface area contributed by atoms with Crippen molar-refractivity contribution in [1.29, 1.82) is 0 Å². The highest BCUT2D eigenvalue weighted by Gasteiger charge is 2.38. The maximum absolute atomic E-state index is 13.0. The summed E-state index contributed by atoms with van der Waals surface area (Å²) < 4.78 is 51.0. The minimum atomic E-state index is -4.41. The molecule has 2 atom stereocenters. The van der Waals surface area contributed by atoms with Gasteiger partial charge in [-0.1, -0.05) is 30.3 Å². The van der Waals surface area contributed by atoms with Gasteiger partial charge in [0.1, 0.15) is 17.5 Å². The summed E-state index contributed by atoms with van der Waals surface area (Å²) in [6.07, 6.45) is -3.09. The maximum atomic E-state index is 13.0. The summed E-state index contributed by atoms with van der Waals surface area (Å²) >= 11 is 0. The van der Waals surface area contributed by atoms with Gasteiger partial charge in [-0.3, -0.25) is 0 Å². The van der Waals surface area contributed by atoms with Gasteiger partial charge in [-0.2, -0.15) is 13.2 Å². The summed E-state index contributed by atoms with van der Waals surface area (Å²) in [6, 6.07) is 13.7. The quantitative estimate of drug-likeness (QED) is 0.542. The molecule has 1 saturated heterocycles. The van der Waals surface area contributed by atoms with E-state index < -0.39 is 29.5 Å². The van der Waals surface area contributed by atoms with Gasteiger partial charge < -0.3 is 14.4 Å². The Morgan fingerprint density at radius 3 is 2.23 bits per heavy atom. The van der Waals surface area contributed by atoms with Gasteiger partial charge in [0, 0.05) is 6.54 Å². The molecule has 4 nitrogen and oxygen atoms in total. The zero-order valence-corrected chi connectivity index (χ0v) is 18.0. The standard InChI is InChI=1S/C24H28F3NO3/c1-23(2,3)31-22(29)28-16-8-7-11-20(28)21(30-19-9-5-4-6-10-19)17-12-14-18(15-13-17)24(25,26)27/h4-6,9-10,12-15,20-21H,7-8,11,16H2,1-3H3/t20?,21-/m1/s1. The fourth-order valence-electron chi connectivity index (χ4n) is 3.70. The fourth-order valence-corrected chi connectivity index (χ4v) is 3.70. The molecule has 1 fully saturated rings. The smallest absolute Gasteiger partial charge is 0.416 e. The molecule has 0 aromatic heterocycles. The minimum absolute atomic E-state index is 0.361. The van der Waals surface area contributed by atoms with Crippen molar-refractivity contribution >= 4 is 6.09 Å². The number of benzene rings is 2. The number of carbonyl (C=O) groups excluding carboxylic acids is 1. The highest BCUT2D eigenvalue weighted by atomic mass is 19.4. The lowest BCUT2D eigenvalue weighted by Gasteiger charge is -2.40. The Hall–Kier alpha value is -2.70. The number of ether oxygens (including phenoxy) is 2. The van der Waals surface area contributed by atoms with Crippen molar-refractivity contribution in [3.8, 4) is 5.75 Å². The molecule has 3 rings (SSSR count). The number of hydrogen-bond acceptors (Lipinski definition) is 3. The van der Waals surface area contributed by atoms with Crippen molar-refractivity contribution in [1.82, 2.24) is 4.90 Å². The summed E-state index contributed by atoms with van der Waals surface area (Å²) in [6.45, 7) is 5.92. The Morgan fingerprint density at radius 2 is 1.65 bits per heavy atom. The van der Waals surface area contributed by atoms with Crippen LogP contribution in [0.25, 0.3) is 0 Å². The largest absolute Gasteiger partial charge is 0.484 e. The van der Waals surface area contributed by atoms with Gasteiger partial charge in [0.2, 0.25) is 0 Å². The monoisotopic (exact) mass is 435 g/mol. The average Bonchev–Trinajstić information content (AvgIpc) is 2.71. The second-order valence-electron chi connectivity index (χ2n) is 8.71. The first kappa shape index (κ1) is 23.0. The molecule has 7 heteroatoms. The molecule has 0 aliphatic carbocycles. The Kier molecular flexibility index (Phi) is 6.82. The fraction of sp³-hybridized carbons (Fsp3) is 0.458. The van der Waals surface area contributed by atoms with Gasteiger partial charge >= 0.3 is 12.3 Å². The number of piperidine rings is 1. The van der Waals surface area contributed by atoms with Crippen LogP contribution in [0.4, 0.5) is 18.0 Å². The van der Waals surface area contributed by atoms with Crippen LogP contribution in [-0.4, -0.2) is 29.2 Å². The molecule has 0 bridgehead atoms. The first-order chi connectivity index (χ1) is 14.5. The van der Waals surface area contributed by atoms with Gasteiger partial charge in [0.05, 0.1) is 11.6 Å². The van der Waals surface area contributed by atoms with Crippen molar-refractivity contribution in [2.45, 2.75) is 64.0 Å². The topological polar surface area (TPSA) is 38.8 Å². The number of hydrogen-bond donors (Lipinski definition) is 0. The van der Waals surface area contributed by atoms with Crippen molar-refractivity contribution in [3.05, 3.63) is 65.7 Å². The molecule has 2 aromatic rings. The molecule has 1 aliphatic heterocycles. The predicted octanol–water partition coefficient (Wildman–Crippen LogP) is 6.62. The van der Waals surface area contributed by atoms with Crippen LogP contribution in [0, 0.1) is 0 Å². The molecular formula is C24H28F3NO3. The normalized spacial score (nSPS) is 18.4. The van der Waals surface area contributed by atoms with E-state index in [0.29, 0.717) is 24.3 Å². The molecule has 1 unspecified atom stereocenters. The summed E-state index contributed by atoms with van der Waals surface area (Å²) in [7, 11) is 0. The number of carbonyl (C=O) groups is 1. The van der Waals surface area contributed by atoms with Crippen LogP contribution in [0.2, 0.25) is 0 Å². The van der Waals surface area contributed by atoms with Crippen LogP contribution in [0.5, 0.6) is 5.75 Å². The first-order valence-electron chi connectivity index (χ1n) is 10.4. The van der Waals surface area contributed by atoms with Crippen LogP contribution in [-0.2, 0) is 10.9 Å². The van der Waals surface area contributed by atoms with Crippen molar-refractivity contribution in [2.75, 3.05) is 6.54 Å². The molecule has 0 spiro atoms. The molecule has 0 radical (unpaired) electrons. The number of likely N-dealkylation sites (tertiary alicyclic amines) is 1. The van der Waals surface area contributed by atoms with Gasteiger partial charge in [-0.15, -0.1) is 0 Å². The van der Waals surface area contributed by atoms with Gasteiger partial charge in [0.15, 0.2) is 0 Å². The third kappa shape index (κ3) is 6.15. The lowest BCUT2D eigenvalue weighted by molar-refractivity contribution is -0.137. The summed E-state index contributed by atoms with van der Waals surface area (Å²) in [4.78, 5) is 14.6. The molecule has 168 valence electrons. The van der Waals surface area contributed by atoms with Crippen LogP contribution in [0.1, 0.15) is 57.3 Å². The highest BCUT2D eigenvalue weighted by molar-refractivity contribution is 5.69. The Balaban J connectivity index is 1.95.